The monoisotopic (exact) mass is 914 g/mol. The number of hydrogen-bond acceptors (Lipinski definition) is 5. The summed E-state index contributed by atoms with van der Waals surface area (Å²) >= 11 is 0. The summed E-state index contributed by atoms with van der Waals surface area (Å²) in [5.41, 5.74) is 0. The number of hydrogen-bond donors (Lipinski definition) is 3. The van der Waals surface area contributed by atoms with E-state index in [0.29, 0.717) is 19.3 Å². The highest BCUT2D eigenvalue weighted by atomic mass is 16.5. The van der Waals surface area contributed by atoms with Crippen LogP contribution in [-0.2, 0) is 14.3 Å². The van der Waals surface area contributed by atoms with Crippen LogP contribution in [0.5, 0.6) is 0 Å². The van der Waals surface area contributed by atoms with Gasteiger partial charge in [-0.25, -0.2) is 0 Å². The molecule has 3 N–H and O–H groups in total. The zero-order valence-electron chi connectivity index (χ0n) is 42.5. The Bertz CT molecular complexity index is 1390. The van der Waals surface area contributed by atoms with Crippen LogP contribution in [0.2, 0.25) is 0 Å². The topological polar surface area (TPSA) is 95.9 Å². The summed E-state index contributed by atoms with van der Waals surface area (Å²) < 4.78 is 5.91. The molecule has 0 aliphatic carbocycles. The molecule has 0 rings (SSSR count). The largest absolute Gasteiger partial charge is 0.462 e. The molecule has 66 heavy (non-hydrogen) atoms. The Labute approximate surface area is 406 Å². The van der Waals surface area contributed by atoms with Crippen molar-refractivity contribution >= 4 is 11.9 Å². The first-order chi connectivity index (χ1) is 32.5. The van der Waals surface area contributed by atoms with Gasteiger partial charge in [0.05, 0.1) is 25.2 Å². The van der Waals surface area contributed by atoms with E-state index in [0.717, 1.165) is 116 Å². The van der Waals surface area contributed by atoms with E-state index in [1.54, 1.807) is 0 Å². The average molecular weight is 914 g/mol. The maximum Gasteiger partial charge on any atom is 0.306 e. The Morgan fingerprint density at radius 3 is 1.44 bits per heavy atom. The summed E-state index contributed by atoms with van der Waals surface area (Å²) in [5.74, 6) is -0.564. The lowest BCUT2D eigenvalue weighted by Crippen LogP contribution is -2.46. The minimum absolute atomic E-state index is 0.0278. The zero-order valence-corrected chi connectivity index (χ0v) is 42.5. The fourth-order valence-electron chi connectivity index (χ4n) is 7.37. The summed E-state index contributed by atoms with van der Waals surface area (Å²) in [7, 11) is 0. The van der Waals surface area contributed by atoms with E-state index >= 15 is 0 Å². The number of carbonyl (C=O) groups excluding carboxylic acids is 2. The molecule has 0 saturated carbocycles. The number of allylic oxidation sites excluding steroid dienone is 20. The van der Waals surface area contributed by atoms with Crippen LogP contribution < -0.4 is 5.32 Å². The Balaban J connectivity index is 4.76. The van der Waals surface area contributed by atoms with E-state index in [1.165, 1.54) is 57.8 Å². The molecule has 6 heteroatoms. The van der Waals surface area contributed by atoms with Gasteiger partial charge >= 0.3 is 5.97 Å². The minimum atomic E-state index is -0.814. The lowest BCUT2D eigenvalue weighted by atomic mass is 10.0. The van der Waals surface area contributed by atoms with Crippen molar-refractivity contribution in [2.24, 2.45) is 0 Å². The van der Waals surface area contributed by atoms with Crippen molar-refractivity contribution in [3.63, 3.8) is 0 Å². The van der Waals surface area contributed by atoms with Gasteiger partial charge < -0.3 is 20.3 Å². The number of aliphatic hydroxyl groups excluding tert-OH is 2. The van der Waals surface area contributed by atoms with Gasteiger partial charge in [0.25, 0.3) is 0 Å². The van der Waals surface area contributed by atoms with E-state index < -0.39 is 18.2 Å². The molecule has 0 aromatic rings. The van der Waals surface area contributed by atoms with Gasteiger partial charge in [-0.05, 0) is 89.9 Å². The van der Waals surface area contributed by atoms with Crippen molar-refractivity contribution in [3.8, 4) is 0 Å². The second-order valence-electron chi connectivity index (χ2n) is 17.7. The number of aliphatic hydroxyl groups is 2. The smallest absolute Gasteiger partial charge is 0.306 e. The van der Waals surface area contributed by atoms with Crippen LogP contribution in [-0.4, -0.2) is 46.9 Å². The quantitative estimate of drug-likeness (QED) is 0.0245. The maximum atomic E-state index is 13.2. The fourth-order valence-corrected chi connectivity index (χ4v) is 7.37. The number of esters is 1. The molecule has 0 aromatic carbocycles. The van der Waals surface area contributed by atoms with E-state index in [-0.39, 0.29) is 24.9 Å². The number of nitrogens with one attached hydrogen (secondary N) is 1. The molecule has 6 nitrogen and oxygen atoms in total. The maximum absolute atomic E-state index is 13.2. The Kier molecular flexibility index (Phi) is 49.3. The summed E-state index contributed by atoms with van der Waals surface area (Å²) in [4.78, 5) is 26.2. The molecule has 0 aliphatic heterocycles. The molecule has 0 fully saturated rings. The predicted octanol–water partition coefficient (Wildman–Crippen LogP) is 16.5. The molecular weight excluding hydrogens is 815 g/mol. The van der Waals surface area contributed by atoms with Crippen molar-refractivity contribution in [1.29, 1.82) is 0 Å². The highest BCUT2D eigenvalue weighted by molar-refractivity contribution is 5.77. The first-order valence-electron chi connectivity index (χ1n) is 26.8. The van der Waals surface area contributed by atoms with Crippen molar-refractivity contribution in [2.75, 3.05) is 6.61 Å². The Morgan fingerprint density at radius 1 is 0.470 bits per heavy atom. The van der Waals surface area contributed by atoms with Crippen LogP contribution in [0, 0.1) is 0 Å². The zero-order chi connectivity index (χ0) is 48.1. The lowest BCUT2D eigenvalue weighted by molar-refractivity contribution is -0.151. The summed E-state index contributed by atoms with van der Waals surface area (Å²) in [6.45, 7) is 6.25. The highest BCUT2D eigenvalue weighted by Crippen LogP contribution is 2.17. The van der Waals surface area contributed by atoms with Gasteiger partial charge in [0.1, 0.15) is 6.10 Å². The van der Waals surface area contributed by atoms with Gasteiger partial charge in [0.2, 0.25) is 5.91 Å². The van der Waals surface area contributed by atoms with Gasteiger partial charge in [-0.1, -0.05) is 239 Å². The van der Waals surface area contributed by atoms with Gasteiger partial charge in [0, 0.05) is 6.42 Å². The van der Waals surface area contributed by atoms with Gasteiger partial charge in [0.15, 0.2) is 0 Å². The normalized spacial score (nSPS) is 14.2. The van der Waals surface area contributed by atoms with Crippen LogP contribution in [0.25, 0.3) is 0 Å². The summed E-state index contributed by atoms with van der Waals surface area (Å²) in [5, 5.41) is 23.8. The second kappa shape index (κ2) is 52.2. The molecule has 3 atom stereocenters. The average Bonchev–Trinajstić information content (AvgIpc) is 3.31. The molecular formula is C60H99NO5. The van der Waals surface area contributed by atoms with Gasteiger partial charge in [-0.3, -0.25) is 9.59 Å². The molecule has 0 heterocycles. The molecule has 374 valence electrons. The molecule has 0 saturated heterocycles. The SMILES string of the molecule is CC/C=C\C/C=C\C/C=C\C/C=C\C/C=C\CCCCCC(=O)OC(CCCCC/C=C/C=C/C=C/C=C/C=C/CCC)CC(=O)NC(CO)C(O)CCCCCCCCCCCCCC. The summed E-state index contributed by atoms with van der Waals surface area (Å²) in [6.07, 6.45) is 72.5. The van der Waals surface area contributed by atoms with Gasteiger partial charge in [-0.2, -0.15) is 0 Å². The third-order valence-electron chi connectivity index (χ3n) is 11.4. The third kappa shape index (κ3) is 46.8. The van der Waals surface area contributed by atoms with Crippen molar-refractivity contribution < 1.29 is 24.5 Å². The molecule has 0 bridgehead atoms. The highest BCUT2D eigenvalue weighted by Gasteiger charge is 2.24. The van der Waals surface area contributed by atoms with Crippen LogP contribution in [0.3, 0.4) is 0 Å². The van der Waals surface area contributed by atoms with Crippen LogP contribution in [0.4, 0.5) is 0 Å². The molecule has 3 unspecified atom stereocenters. The van der Waals surface area contributed by atoms with E-state index in [2.05, 4.69) is 111 Å². The van der Waals surface area contributed by atoms with E-state index in [1.807, 2.05) is 36.5 Å². The van der Waals surface area contributed by atoms with Gasteiger partial charge in [-0.15, -0.1) is 0 Å². The Morgan fingerprint density at radius 2 is 0.909 bits per heavy atom. The van der Waals surface area contributed by atoms with E-state index in [9.17, 15) is 19.8 Å². The molecule has 0 spiro atoms. The van der Waals surface area contributed by atoms with Crippen LogP contribution in [0.1, 0.15) is 220 Å². The Hall–Kier alpha value is -3.74. The predicted molar refractivity (Wildman–Crippen MR) is 286 cm³/mol. The molecule has 0 aromatic heterocycles. The van der Waals surface area contributed by atoms with Crippen molar-refractivity contribution in [2.45, 2.75) is 238 Å². The molecule has 0 aliphatic rings. The first kappa shape index (κ1) is 62.3. The third-order valence-corrected chi connectivity index (χ3v) is 11.4. The number of carbonyl (C=O) groups is 2. The van der Waals surface area contributed by atoms with Crippen LogP contribution >= 0.6 is 0 Å². The number of rotatable bonds is 46. The van der Waals surface area contributed by atoms with Crippen molar-refractivity contribution in [3.05, 3.63) is 122 Å². The fraction of sp³-hybridized carbons (Fsp3) is 0.633. The van der Waals surface area contributed by atoms with E-state index in [4.69, 9.17) is 4.74 Å². The minimum Gasteiger partial charge on any atom is -0.462 e. The first-order valence-corrected chi connectivity index (χ1v) is 26.8. The second-order valence-corrected chi connectivity index (χ2v) is 17.7. The summed E-state index contributed by atoms with van der Waals surface area (Å²) in [6, 6.07) is -0.731. The lowest BCUT2D eigenvalue weighted by Gasteiger charge is -2.24. The number of ether oxygens (including phenoxy) is 1. The standard InChI is InChI=1S/C60H99NO5/c1-4-7-10-13-16-19-22-25-27-29-30-31-33-35-38-41-44-47-50-53-60(65)66-56(51-48-45-42-39-36-34-32-28-26-23-20-17-14-11-8-5-2)54-59(64)61-57(55-62)58(63)52-49-46-43-40-37-24-21-18-15-12-9-6-3/h7,10-11,14,16-17,19-20,23,25-28,30-32,34-36,38,56-58,62-63H,4-6,8-9,12-13,15,18,21-22,24,29,33,37,39-55H2,1-3H3,(H,61,64)/b10-7-,14-11+,19-16-,20-17+,26-23+,27-25-,31-30-,32-28+,36-34+,38-35-. The number of unbranched alkanes of at least 4 members (excludes halogenated alkanes) is 18. The molecule has 0 radical (unpaired) electrons. The number of amides is 1. The van der Waals surface area contributed by atoms with Crippen molar-refractivity contribution in [1.82, 2.24) is 5.32 Å². The van der Waals surface area contributed by atoms with Crippen LogP contribution in [0.15, 0.2) is 122 Å². The molecule has 1 amide bonds.